The zero-order valence-corrected chi connectivity index (χ0v) is 18.1. The van der Waals surface area contributed by atoms with Crippen LogP contribution >= 0.6 is 0 Å². The number of aromatic hydroxyl groups is 1. The van der Waals surface area contributed by atoms with E-state index in [2.05, 4.69) is 6.92 Å². The number of fused-ring (bicyclic) bond motifs is 2. The molecule has 4 unspecified atom stereocenters. The minimum Gasteiger partial charge on any atom is -0.506 e. The summed E-state index contributed by atoms with van der Waals surface area (Å²) in [6.45, 7) is 9.68. The van der Waals surface area contributed by atoms with Gasteiger partial charge in [-0.2, -0.15) is 0 Å². The highest BCUT2D eigenvalue weighted by Crippen LogP contribution is 2.54. The van der Waals surface area contributed by atoms with E-state index in [9.17, 15) is 14.7 Å². The van der Waals surface area contributed by atoms with Gasteiger partial charge in [0, 0.05) is 5.92 Å². The molecule has 1 aromatic heterocycles. The van der Waals surface area contributed by atoms with Crippen LogP contribution in [0.2, 0.25) is 0 Å². The summed E-state index contributed by atoms with van der Waals surface area (Å²) in [6.07, 6.45) is 2.75. The van der Waals surface area contributed by atoms with Gasteiger partial charge in [-0.1, -0.05) is 24.6 Å². The Hall–Kier alpha value is -2.82. The highest BCUT2D eigenvalue weighted by molar-refractivity contribution is 6.03. The van der Waals surface area contributed by atoms with Crippen molar-refractivity contribution in [1.29, 1.82) is 0 Å². The van der Waals surface area contributed by atoms with Crippen LogP contribution in [0.4, 0.5) is 0 Å². The number of ketones is 1. The largest absolute Gasteiger partial charge is 0.506 e. The van der Waals surface area contributed by atoms with Gasteiger partial charge in [0.2, 0.25) is 5.78 Å². The van der Waals surface area contributed by atoms with Crippen molar-refractivity contribution in [2.45, 2.75) is 53.6 Å². The molecule has 2 heterocycles. The zero-order chi connectivity index (χ0) is 21.7. The fourth-order valence-electron chi connectivity index (χ4n) is 5.20. The quantitative estimate of drug-likeness (QED) is 0.547. The summed E-state index contributed by atoms with van der Waals surface area (Å²) in [5.41, 5.74) is 2.49. The van der Waals surface area contributed by atoms with Crippen molar-refractivity contribution >= 4 is 16.8 Å². The monoisotopic (exact) mass is 408 g/mol. The molecule has 4 rings (SSSR count). The second-order valence-corrected chi connectivity index (χ2v) is 8.97. The Morgan fingerprint density at radius 1 is 1.20 bits per heavy atom. The van der Waals surface area contributed by atoms with Crippen molar-refractivity contribution < 1.29 is 19.1 Å². The van der Waals surface area contributed by atoms with Gasteiger partial charge in [-0.25, -0.2) is 4.79 Å². The van der Waals surface area contributed by atoms with Crippen LogP contribution in [0.25, 0.3) is 11.0 Å². The first-order valence-electron chi connectivity index (χ1n) is 10.5. The van der Waals surface area contributed by atoms with Crippen molar-refractivity contribution in [1.82, 2.24) is 0 Å². The lowest BCUT2D eigenvalue weighted by molar-refractivity contribution is -0.118. The zero-order valence-electron chi connectivity index (χ0n) is 18.1. The molecule has 5 nitrogen and oxygen atoms in total. The molecule has 2 aliphatic rings. The molecular weight excluding hydrogens is 380 g/mol. The maximum atomic E-state index is 13.0. The van der Waals surface area contributed by atoms with Crippen LogP contribution in [-0.2, 0) is 9.53 Å². The maximum Gasteiger partial charge on any atom is 0.347 e. The number of allylic oxidation sites excluding steroid dienone is 3. The van der Waals surface area contributed by atoms with E-state index in [0.717, 1.165) is 29.6 Å². The Balaban J connectivity index is 1.92. The Labute approximate surface area is 176 Å². The summed E-state index contributed by atoms with van der Waals surface area (Å²) < 4.78 is 11.8. The van der Waals surface area contributed by atoms with Gasteiger partial charge in [-0.3, -0.25) is 4.79 Å². The van der Waals surface area contributed by atoms with Crippen LogP contribution in [0.3, 0.4) is 0 Å². The number of carbonyl (C=O) groups excluding carboxylic acids is 1. The molecule has 2 aromatic rings. The maximum absolute atomic E-state index is 13.0. The van der Waals surface area contributed by atoms with Crippen LogP contribution in [0.5, 0.6) is 5.75 Å². The van der Waals surface area contributed by atoms with Crippen LogP contribution < -0.4 is 5.63 Å². The average Bonchev–Trinajstić information content (AvgIpc) is 3.05. The predicted octanol–water partition coefficient (Wildman–Crippen LogP) is 5.35. The Bertz CT molecular complexity index is 1150. The van der Waals surface area contributed by atoms with Crippen molar-refractivity contribution in [3.8, 4) is 5.75 Å². The molecule has 30 heavy (non-hydrogen) atoms. The molecule has 5 heteroatoms. The van der Waals surface area contributed by atoms with E-state index < -0.39 is 11.7 Å². The van der Waals surface area contributed by atoms with E-state index in [0.29, 0.717) is 22.6 Å². The Morgan fingerprint density at radius 2 is 1.93 bits per heavy atom. The molecule has 0 radical (unpaired) electrons. The van der Waals surface area contributed by atoms with Gasteiger partial charge in [0.05, 0.1) is 5.39 Å². The van der Waals surface area contributed by atoms with E-state index in [1.807, 2.05) is 33.8 Å². The number of ether oxygens (including phenoxy) is 1. The summed E-state index contributed by atoms with van der Waals surface area (Å²) >= 11 is 0. The molecule has 4 atom stereocenters. The molecule has 1 fully saturated rings. The third-order valence-electron chi connectivity index (χ3n) is 6.64. The Morgan fingerprint density at radius 3 is 2.63 bits per heavy atom. The minimum atomic E-state index is -0.721. The second-order valence-electron chi connectivity index (χ2n) is 8.97. The normalized spacial score (nSPS) is 25.8. The molecule has 0 bridgehead atoms. The molecule has 0 saturated heterocycles. The van der Waals surface area contributed by atoms with Gasteiger partial charge in [0.25, 0.3) is 0 Å². The molecule has 1 aliphatic heterocycles. The Kier molecular flexibility index (Phi) is 5.08. The molecule has 158 valence electrons. The van der Waals surface area contributed by atoms with E-state index in [1.54, 1.807) is 18.2 Å². The molecule has 0 spiro atoms. The van der Waals surface area contributed by atoms with Gasteiger partial charge in [-0.05, 0) is 75.7 Å². The van der Waals surface area contributed by atoms with Crippen LogP contribution in [0.15, 0.2) is 50.4 Å². The van der Waals surface area contributed by atoms with Crippen LogP contribution in [-0.4, -0.2) is 10.9 Å². The summed E-state index contributed by atoms with van der Waals surface area (Å²) in [4.78, 5) is 25.9. The van der Waals surface area contributed by atoms with Gasteiger partial charge in [0.1, 0.15) is 23.0 Å². The van der Waals surface area contributed by atoms with Gasteiger partial charge in [0.15, 0.2) is 5.76 Å². The summed E-state index contributed by atoms with van der Waals surface area (Å²) in [5, 5.41) is 11.7. The summed E-state index contributed by atoms with van der Waals surface area (Å²) in [7, 11) is 0. The fraction of sp³-hybridized carbons (Fsp3) is 0.440. The smallest absolute Gasteiger partial charge is 0.347 e. The number of rotatable bonds is 3. The van der Waals surface area contributed by atoms with E-state index in [1.165, 1.54) is 0 Å². The number of carbonyl (C=O) groups is 1. The standard InChI is InChI=1S/C25H28O5/c1-12(2)11-17(26)23-15(5)16-10-9-14(4)19(16)24(30-23)21-22(27)20-13(3)7-6-8-18(20)29-25(21)28/h6-8,11,14,16,19,24,27H,9-10H2,1-5H3. The van der Waals surface area contributed by atoms with Gasteiger partial charge < -0.3 is 14.3 Å². The van der Waals surface area contributed by atoms with Crippen molar-refractivity contribution in [2.75, 3.05) is 0 Å². The van der Waals surface area contributed by atoms with Crippen LogP contribution in [0.1, 0.15) is 57.8 Å². The average molecular weight is 408 g/mol. The molecular formula is C25H28O5. The highest BCUT2D eigenvalue weighted by atomic mass is 16.5. The van der Waals surface area contributed by atoms with Gasteiger partial charge in [-0.15, -0.1) is 0 Å². The summed E-state index contributed by atoms with van der Waals surface area (Å²) in [6, 6.07) is 5.32. The topological polar surface area (TPSA) is 76.7 Å². The van der Waals surface area contributed by atoms with Crippen molar-refractivity contribution in [2.24, 2.45) is 17.8 Å². The lowest BCUT2D eigenvalue weighted by Gasteiger charge is -2.38. The third kappa shape index (κ3) is 3.17. The lowest BCUT2D eigenvalue weighted by atomic mass is 9.76. The number of hydrogen-bond acceptors (Lipinski definition) is 5. The molecule has 1 saturated carbocycles. The molecule has 0 amide bonds. The lowest BCUT2D eigenvalue weighted by Crippen LogP contribution is -2.34. The molecule has 1 aromatic carbocycles. The first kappa shape index (κ1) is 20.5. The first-order chi connectivity index (χ1) is 14.2. The molecule has 1 N–H and O–H groups in total. The number of benzene rings is 1. The number of hydrogen-bond donors (Lipinski definition) is 1. The SMILES string of the molecule is CC(C)=CC(=O)C1=C(C)C2CCC(C)C2C(c2c(O)c3c(C)cccc3oc2=O)O1. The van der Waals surface area contributed by atoms with Crippen LogP contribution in [0, 0.1) is 24.7 Å². The summed E-state index contributed by atoms with van der Waals surface area (Å²) in [5.74, 6) is 0.423. The van der Waals surface area contributed by atoms with Crippen molar-refractivity contribution in [3.63, 3.8) is 0 Å². The highest BCUT2D eigenvalue weighted by Gasteiger charge is 2.48. The van der Waals surface area contributed by atoms with E-state index >= 15 is 0 Å². The second kappa shape index (κ2) is 7.46. The molecule has 1 aliphatic carbocycles. The van der Waals surface area contributed by atoms with Crippen molar-refractivity contribution in [3.05, 3.63) is 62.7 Å². The van der Waals surface area contributed by atoms with Gasteiger partial charge >= 0.3 is 5.63 Å². The van der Waals surface area contributed by atoms with E-state index in [-0.39, 0.29) is 28.9 Å². The minimum absolute atomic E-state index is 0.00326. The number of aryl methyl sites for hydroxylation is 1. The third-order valence-corrected chi connectivity index (χ3v) is 6.64. The van der Waals surface area contributed by atoms with E-state index in [4.69, 9.17) is 9.15 Å². The predicted molar refractivity (Wildman–Crippen MR) is 115 cm³/mol. The first-order valence-corrected chi connectivity index (χ1v) is 10.5. The fourth-order valence-corrected chi connectivity index (χ4v) is 5.20.